The quantitative estimate of drug-likeness (QED) is 0.715. The number of aromatic nitrogens is 1. The van der Waals surface area contributed by atoms with Gasteiger partial charge >= 0.3 is 0 Å². The number of hydrogen-bond donors (Lipinski definition) is 1. The average molecular weight is 409 g/mol. The Bertz CT molecular complexity index is 979. The van der Waals surface area contributed by atoms with Gasteiger partial charge in [-0.05, 0) is 54.9 Å². The van der Waals surface area contributed by atoms with E-state index in [1.807, 2.05) is 0 Å². The maximum Gasteiger partial charge on any atom is 0.262 e. The van der Waals surface area contributed by atoms with Crippen LogP contribution in [0.2, 0.25) is 0 Å². The number of nitriles is 1. The van der Waals surface area contributed by atoms with E-state index in [-0.39, 0.29) is 18.4 Å². The van der Waals surface area contributed by atoms with Crippen LogP contribution in [0.25, 0.3) is 0 Å². The fraction of sp³-hybridized carbons (Fsp3) is 0.435. The van der Waals surface area contributed by atoms with E-state index in [4.69, 9.17) is 14.2 Å². The number of fused-ring (bicyclic) bond motifs is 1. The Morgan fingerprint density at radius 3 is 2.67 bits per heavy atom. The lowest BCUT2D eigenvalue weighted by Gasteiger charge is -2.16. The summed E-state index contributed by atoms with van der Waals surface area (Å²) in [5.74, 6) is 1.42. The van der Waals surface area contributed by atoms with E-state index in [1.54, 1.807) is 25.3 Å². The van der Waals surface area contributed by atoms with Crippen LogP contribution in [0.4, 0.5) is 5.69 Å². The second kappa shape index (κ2) is 9.49. The minimum atomic E-state index is -0.366. The fourth-order valence-corrected chi connectivity index (χ4v) is 3.71. The lowest BCUT2D eigenvalue weighted by Crippen LogP contribution is -2.21. The number of hydrogen-bond acceptors (Lipinski definition) is 6. The molecule has 0 unspecified atom stereocenters. The average Bonchev–Trinajstić information content (AvgIpc) is 3.22. The first kappa shape index (κ1) is 21.4. The number of carbonyl (C=O) groups excluding carboxylic acids is 1. The van der Waals surface area contributed by atoms with E-state index < -0.39 is 0 Å². The van der Waals surface area contributed by atoms with Crippen LogP contribution in [0, 0.1) is 17.2 Å². The van der Waals surface area contributed by atoms with Gasteiger partial charge < -0.3 is 19.5 Å². The van der Waals surface area contributed by atoms with Crippen LogP contribution in [0.5, 0.6) is 17.4 Å². The molecule has 1 aliphatic rings. The number of anilines is 1. The lowest BCUT2D eigenvalue weighted by atomic mass is 9.98. The number of pyridine rings is 1. The lowest BCUT2D eigenvalue weighted by molar-refractivity contribution is -0.118. The van der Waals surface area contributed by atoms with Crippen LogP contribution in [-0.4, -0.2) is 31.7 Å². The molecule has 1 aliphatic carbocycles. The molecule has 1 heterocycles. The van der Waals surface area contributed by atoms with Crippen molar-refractivity contribution in [3.05, 3.63) is 40.6 Å². The summed E-state index contributed by atoms with van der Waals surface area (Å²) in [6.07, 6.45) is 3.62. The Morgan fingerprint density at radius 1 is 1.23 bits per heavy atom. The largest absolute Gasteiger partial charge is 0.497 e. The van der Waals surface area contributed by atoms with E-state index in [0.717, 1.165) is 36.9 Å². The van der Waals surface area contributed by atoms with Gasteiger partial charge in [-0.25, -0.2) is 4.98 Å². The predicted octanol–water partition coefficient (Wildman–Crippen LogP) is 3.68. The molecule has 0 saturated carbocycles. The maximum atomic E-state index is 12.5. The summed E-state index contributed by atoms with van der Waals surface area (Å²) in [6.45, 7) is 4.02. The molecule has 0 bridgehead atoms. The molecule has 1 amide bonds. The summed E-state index contributed by atoms with van der Waals surface area (Å²) in [4.78, 5) is 17.1. The number of nitrogens with zero attached hydrogens (tertiary/aromatic N) is 2. The second-order valence-electron chi connectivity index (χ2n) is 7.66. The molecular formula is C23H27N3O4. The highest BCUT2D eigenvalue weighted by Gasteiger charge is 2.25. The molecule has 1 aromatic heterocycles. The van der Waals surface area contributed by atoms with Gasteiger partial charge in [0.2, 0.25) is 5.88 Å². The Morgan fingerprint density at radius 2 is 2.00 bits per heavy atom. The summed E-state index contributed by atoms with van der Waals surface area (Å²) < 4.78 is 16.2. The summed E-state index contributed by atoms with van der Waals surface area (Å²) in [5.41, 5.74) is 4.14. The molecule has 7 nitrogen and oxygen atoms in total. The van der Waals surface area contributed by atoms with Gasteiger partial charge in [0.15, 0.2) is 6.61 Å². The minimum Gasteiger partial charge on any atom is -0.497 e. The van der Waals surface area contributed by atoms with E-state index in [0.29, 0.717) is 28.7 Å². The monoisotopic (exact) mass is 409 g/mol. The van der Waals surface area contributed by atoms with Gasteiger partial charge in [-0.15, -0.1) is 0 Å². The molecule has 0 atom stereocenters. The van der Waals surface area contributed by atoms with Crippen LogP contribution in [0.1, 0.15) is 42.7 Å². The molecule has 30 heavy (non-hydrogen) atoms. The normalized spacial score (nSPS) is 12.3. The van der Waals surface area contributed by atoms with Crippen LogP contribution in [0.15, 0.2) is 18.2 Å². The summed E-state index contributed by atoms with van der Waals surface area (Å²) in [7, 11) is 3.08. The molecule has 7 heteroatoms. The number of carbonyl (C=O) groups is 1. The molecule has 1 N–H and O–H groups in total. The first-order valence-electron chi connectivity index (χ1n) is 10.1. The zero-order valence-electron chi connectivity index (χ0n) is 17.9. The van der Waals surface area contributed by atoms with E-state index in [2.05, 4.69) is 30.2 Å². The van der Waals surface area contributed by atoms with Crippen LogP contribution in [0.3, 0.4) is 0 Å². The van der Waals surface area contributed by atoms with Crippen molar-refractivity contribution < 1.29 is 19.0 Å². The fourth-order valence-electron chi connectivity index (χ4n) is 3.71. The van der Waals surface area contributed by atoms with E-state index >= 15 is 0 Å². The highest BCUT2D eigenvalue weighted by atomic mass is 16.5. The van der Waals surface area contributed by atoms with Crippen LogP contribution in [-0.2, 0) is 24.1 Å². The van der Waals surface area contributed by atoms with E-state index in [1.165, 1.54) is 12.7 Å². The van der Waals surface area contributed by atoms with Crippen LogP contribution < -0.4 is 19.5 Å². The third kappa shape index (κ3) is 4.65. The van der Waals surface area contributed by atoms with Crippen molar-refractivity contribution in [1.82, 2.24) is 4.98 Å². The van der Waals surface area contributed by atoms with Gasteiger partial charge in [0.25, 0.3) is 5.91 Å². The van der Waals surface area contributed by atoms with Crippen LogP contribution >= 0.6 is 0 Å². The van der Waals surface area contributed by atoms with Gasteiger partial charge in [0.05, 0.1) is 19.9 Å². The summed E-state index contributed by atoms with van der Waals surface area (Å²) in [6, 6.07) is 7.34. The first-order valence-corrected chi connectivity index (χ1v) is 10.1. The van der Waals surface area contributed by atoms with Crippen molar-refractivity contribution in [3.8, 4) is 23.4 Å². The number of nitrogens with one attached hydrogen (secondary N) is 1. The molecule has 0 aliphatic heterocycles. The molecule has 0 saturated heterocycles. The number of rotatable bonds is 8. The number of amides is 1. The Balaban J connectivity index is 1.77. The SMILES string of the molecule is COc1ccc(NC(=O)COc2nc(CC(C)C)c3c(c2C#N)CCC3)c(OC)c1. The van der Waals surface area contributed by atoms with Crippen molar-refractivity contribution in [2.24, 2.45) is 5.92 Å². The molecule has 2 aromatic rings. The molecule has 3 rings (SSSR count). The molecule has 0 radical (unpaired) electrons. The van der Waals surface area contributed by atoms with Gasteiger partial charge in [-0.1, -0.05) is 13.8 Å². The molecule has 158 valence electrons. The Hall–Kier alpha value is -3.27. The summed E-state index contributed by atoms with van der Waals surface area (Å²) in [5, 5.41) is 12.4. The third-order valence-electron chi connectivity index (χ3n) is 5.05. The van der Waals surface area contributed by atoms with Crippen molar-refractivity contribution in [1.29, 1.82) is 5.26 Å². The number of methoxy groups -OCH3 is 2. The zero-order chi connectivity index (χ0) is 21.7. The first-order chi connectivity index (χ1) is 14.5. The second-order valence-corrected chi connectivity index (χ2v) is 7.66. The zero-order valence-corrected chi connectivity index (χ0v) is 17.9. The van der Waals surface area contributed by atoms with Crippen molar-refractivity contribution in [2.75, 3.05) is 26.1 Å². The Kier molecular flexibility index (Phi) is 6.78. The van der Waals surface area contributed by atoms with Gasteiger partial charge in [0, 0.05) is 11.8 Å². The summed E-state index contributed by atoms with van der Waals surface area (Å²) >= 11 is 0. The predicted molar refractivity (Wildman–Crippen MR) is 113 cm³/mol. The molecular weight excluding hydrogens is 382 g/mol. The molecule has 0 spiro atoms. The van der Waals surface area contributed by atoms with E-state index in [9.17, 15) is 10.1 Å². The van der Waals surface area contributed by atoms with Gasteiger partial charge in [0.1, 0.15) is 23.1 Å². The topological polar surface area (TPSA) is 93.5 Å². The van der Waals surface area contributed by atoms with Gasteiger partial charge in [-0.2, -0.15) is 5.26 Å². The van der Waals surface area contributed by atoms with Crippen molar-refractivity contribution in [3.63, 3.8) is 0 Å². The maximum absolute atomic E-state index is 12.5. The van der Waals surface area contributed by atoms with Crippen molar-refractivity contribution in [2.45, 2.75) is 39.5 Å². The highest BCUT2D eigenvalue weighted by Crippen LogP contribution is 2.33. The molecule has 0 fully saturated rings. The Labute approximate surface area is 177 Å². The number of benzene rings is 1. The highest BCUT2D eigenvalue weighted by molar-refractivity contribution is 5.93. The standard InChI is InChI=1S/C23H27N3O4/c1-14(2)10-20-17-7-5-6-16(17)18(12-24)23(26-20)30-13-22(27)25-19-9-8-15(28-3)11-21(19)29-4/h8-9,11,14H,5-7,10,13H2,1-4H3,(H,25,27). The minimum absolute atomic E-state index is 0.241. The third-order valence-corrected chi connectivity index (χ3v) is 5.05. The van der Waals surface area contributed by atoms with Crippen molar-refractivity contribution >= 4 is 11.6 Å². The smallest absolute Gasteiger partial charge is 0.262 e. The number of ether oxygens (including phenoxy) is 3. The molecule has 1 aromatic carbocycles. The van der Waals surface area contributed by atoms with Gasteiger partial charge in [-0.3, -0.25) is 4.79 Å².